The van der Waals surface area contributed by atoms with Crippen molar-refractivity contribution >= 4 is 21.9 Å². The Labute approximate surface area is 71.1 Å². The van der Waals surface area contributed by atoms with E-state index in [9.17, 15) is 4.79 Å². The van der Waals surface area contributed by atoms with Crippen molar-refractivity contribution in [2.24, 2.45) is 0 Å². The zero-order valence-electron chi connectivity index (χ0n) is 5.78. The van der Waals surface area contributed by atoms with Crippen LogP contribution < -0.4 is 0 Å². The minimum atomic E-state index is -1.07. The zero-order valence-corrected chi connectivity index (χ0v) is 7.37. The van der Waals surface area contributed by atoms with Crippen molar-refractivity contribution in [2.45, 2.75) is 13.5 Å². The summed E-state index contributed by atoms with van der Waals surface area (Å²) in [5.41, 5.74) is -0.0492. The predicted molar refractivity (Wildman–Crippen MR) is 40.4 cm³/mol. The first-order valence-electron chi connectivity index (χ1n) is 2.99. The highest BCUT2D eigenvalue weighted by Crippen LogP contribution is 2.12. The van der Waals surface area contributed by atoms with Gasteiger partial charge < -0.3 is 5.11 Å². The maximum Gasteiger partial charge on any atom is 0.359 e. The van der Waals surface area contributed by atoms with E-state index in [2.05, 4.69) is 26.2 Å². The molecular weight excluding hydrogens is 214 g/mol. The summed E-state index contributed by atoms with van der Waals surface area (Å²) >= 11 is 3.07. The predicted octanol–water partition coefficient (Wildman–Crippen LogP) is 0.759. The molecule has 0 fully saturated rings. The number of halogens is 1. The summed E-state index contributed by atoms with van der Waals surface area (Å²) in [6.45, 7) is 2.45. The van der Waals surface area contributed by atoms with Crippen molar-refractivity contribution in [2.75, 3.05) is 0 Å². The van der Waals surface area contributed by atoms with Crippen LogP contribution in [0.15, 0.2) is 4.60 Å². The lowest BCUT2D eigenvalue weighted by molar-refractivity contribution is 0.0689. The number of rotatable bonds is 2. The van der Waals surface area contributed by atoms with Gasteiger partial charge >= 0.3 is 5.97 Å². The topological polar surface area (TPSA) is 68.0 Å². The van der Waals surface area contributed by atoms with Crippen LogP contribution in [0.2, 0.25) is 0 Å². The normalized spacial score (nSPS) is 10.0. The van der Waals surface area contributed by atoms with E-state index in [1.165, 1.54) is 4.68 Å². The number of aromatic carboxylic acids is 1. The van der Waals surface area contributed by atoms with Crippen LogP contribution in [0.25, 0.3) is 0 Å². The van der Waals surface area contributed by atoms with E-state index in [0.717, 1.165) is 0 Å². The zero-order chi connectivity index (χ0) is 8.43. The highest BCUT2D eigenvalue weighted by molar-refractivity contribution is 9.10. The standard InChI is InChI=1S/C5H6BrN3O2/c1-2-9-4(6)3(5(10)11)7-8-9/h2H2,1H3,(H,10,11). The van der Waals surface area contributed by atoms with E-state index in [0.29, 0.717) is 11.1 Å². The molecular formula is C5H6BrN3O2. The molecule has 0 bridgehead atoms. The Morgan fingerprint density at radius 1 is 1.82 bits per heavy atom. The quantitative estimate of drug-likeness (QED) is 0.798. The van der Waals surface area contributed by atoms with Gasteiger partial charge in [-0.05, 0) is 22.9 Å². The number of nitrogens with zero attached hydrogens (tertiary/aromatic N) is 3. The summed E-state index contributed by atoms with van der Waals surface area (Å²) in [4.78, 5) is 10.4. The summed E-state index contributed by atoms with van der Waals surface area (Å²) < 4.78 is 1.87. The van der Waals surface area contributed by atoms with Crippen LogP contribution in [0.1, 0.15) is 17.4 Å². The Morgan fingerprint density at radius 3 is 2.73 bits per heavy atom. The molecule has 1 aromatic rings. The second kappa shape index (κ2) is 3.00. The number of carbonyl (C=O) groups is 1. The van der Waals surface area contributed by atoms with E-state index in [1.807, 2.05) is 6.92 Å². The molecule has 0 aliphatic heterocycles. The highest BCUT2D eigenvalue weighted by Gasteiger charge is 2.14. The van der Waals surface area contributed by atoms with Crippen LogP contribution in [0.3, 0.4) is 0 Å². The number of aromatic nitrogens is 3. The molecule has 1 N–H and O–H groups in total. The van der Waals surface area contributed by atoms with Gasteiger partial charge in [0, 0.05) is 6.54 Å². The molecule has 1 aromatic heterocycles. The monoisotopic (exact) mass is 219 g/mol. The Hall–Kier alpha value is -0.910. The third kappa shape index (κ3) is 1.40. The van der Waals surface area contributed by atoms with Crippen LogP contribution in [0.5, 0.6) is 0 Å². The molecule has 1 rings (SSSR count). The van der Waals surface area contributed by atoms with E-state index < -0.39 is 5.97 Å². The molecule has 0 aliphatic rings. The van der Waals surface area contributed by atoms with Crippen molar-refractivity contribution in [3.8, 4) is 0 Å². The second-order valence-electron chi connectivity index (χ2n) is 1.85. The van der Waals surface area contributed by atoms with Gasteiger partial charge in [-0.25, -0.2) is 9.48 Å². The minimum Gasteiger partial charge on any atom is -0.476 e. The molecule has 60 valence electrons. The second-order valence-corrected chi connectivity index (χ2v) is 2.60. The first-order valence-corrected chi connectivity index (χ1v) is 3.78. The molecule has 6 heteroatoms. The van der Waals surface area contributed by atoms with Crippen molar-refractivity contribution < 1.29 is 9.90 Å². The number of hydrogen-bond acceptors (Lipinski definition) is 3. The van der Waals surface area contributed by atoms with Crippen molar-refractivity contribution in [3.63, 3.8) is 0 Å². The Bertz CT molecular complexity index is 283. The molecule has 0 atom stereocenters. The average molecular weight is 220 g/mol. The summed E-state index contributed by atoms with van der Waals surface area (Å²) in [7, 11) is 0. The SMILES string of the molecule is CCn1nnc(C(=O)O)c1Br. The molecule has 11 heavy (non-hydrogen) atoms. The van der Waals surface area contributed by atoms with Crippen LogP contribution >= 0.6 is 15.9 Å². The maximum absolute atomic E-state index is 10.4. The first kappa shape index (κ1) is 8.19. The Balaban J connectivity index is 3.10. The highest BCUT2D eigenvalue weighted by atomic mass is 79.9. The summed E-state index contributed by atoms with van der Waals surface area (Å²) in [5.74, 6) is -1.07. The Kier molecular flexibility index (Phi) is 2.23. The lowest BCUT2D eigenvalue weighted by atomic mass is 10.5. The van der Waals surface area contributed by atoms with E-state index in [4.69, 9.17) is 5.11 Å². The summed E-state index contributed by atoms with van der Waals surface area (Å²) in [5, 5.41) is 15.6. The first-order chi connectivity index (χ1) is 5.16. The fraction of sp³-hybridized carbons (Fsp3) is 0.400. The van der Waals surface area contributed by atoms with Crippen molar-refractivity contribution in [3.05, 3.63) is 10.3 Å². The average Bonchev–Trinajstić information content (AvgIpc) is 2.30. The largest absolute Gasteiger partial charge is 0.476 e. The number of carboxylic acid groups (broad SMARTS) is 1. The number of carboxylic acids is 1. The van der Waals surface area contributed by atoms with Crippen molar-refractivity contribution in [1.82, 2.24) is 15.0 Å². The summed E-state index contributed by atoms with van der Waals surface area (Å²) in [6, 6.07) is 0. The molecule has 1 heterocycles. The lowest BCUT2D eigenvalue weighted by Crippen LogP contribution is -1.99. The summed E-state index contributed by atoms with van der Waals surface area (Å²) in [6.07, 6.45) is 0. The van der Waals surface area contributed by atoms with Crippen LogP contribution in [-0.2, 0) is 6.54 Å². The van der Waals surface area contributed by atoms with Crippen LogP contribution in [0.4, 0.5) is 0 Å². The fourth-order valence-electron chi connectivity index (χ4n) is 0.635. The molecule has 0 saturated heterocycles. The van der Waals surface area contributed by atoms with Gasteiger partial charge in [0.15, 0.2) is 0 Å². The van der Waals surface area contributed by atoms with E-state index in [-0.39, 0.29) is 5.69 Å². The van der Waals surface area contributed by atoms with Crippen molar-refractivity contribution in [1.29, 1.82) is 0 Å². The van der Waals surface area contributed by atoms with Gasteiger partial charge in [-0.1, -0.05) is 5.21 Å². The third-order valence-corrected chi connectivity index (χ3v) is 1.96. The van der Waals surface area contributed by atoms with Gasteiger partial charge in [-0.2, -0.15) is 0 Å². The number of hydrogen-bond donors (Lipinski definition) is 1. The molecule has 0 spiro atoms. The van der Waals surface area contributed by atoms with Crippen LogP contribution in [-0.4, -0.2) is 26.1 Å². The van der Waals surface area contributed by atoms with Gasteiger partial charge in [0.25, 0.3) is 0 Å². The van der Waals surface area contributed by atoms with E-state index in [1.54, 1.807) is 0 Å². The molecule has 0 aromatic carbocycles. The van der Waals surface area contributed by atoms with E-state index >= 15 is 0 Å². The van der Waals surface area contributed by atoms with Gasteiger partial charge in [-0.3, -0.25) is 0 Å². The van der Waals surface area contributed by atoms with Gasteiger partial charge in [-0.15, -0.1) is 5.10 Å². The minimum absolute atomic E-state index is 0.0492. The molecule has 0 saturated carbocycles. The fourth-order valence-corrected chi connectivity index (χ4v) is 1.21. The molecule has 5 nitrogen and oxygen atoms in total. The molecule has 0 unspecified atom stereocenters. The smallest absolute Gasteiger partial charge is 0.359 e. The molecule has 0 radical (unpaired) electrons. The Morgan fingerprint density at radius 2 is 2.45 bits per heavy atom. The van der Waals surface area contributed by atoms with Crippen LogP contribution in [0, 0.1) is 0 Å². The third-order valence-electron chi connectivity index (χ3n) is 1.18. The molecule has 0 aliphatic carbocycles. The number of aryl methyl sites for hydroxylation is 1. The van der Waals surface area contributed by atoms with Gasteiger partial charge in [0.05, 0.1) is 0 Å². The lowest BCUT2D eigenvalue weighted by Gasteiger charge is -1.93. The molecule has 0 amide bonds. The van der Waals surface area contributed by atoms with Gasteiger partial charge in [0.2, 0.25) is 5.69 Å². The maximum atomic E-state index is 10.4. The van der Waals surface area contributed by atoms with Gasteiger partial charge in [0.1, 0.15) is 4.60 Å².